The molecule has 0 atom stereocenters. The van der Waals surface area contributed by atoms with Gasteiger partial charge in [0.05, 0.1) is 5.56 Å². The third kappa shape index (κ3) is 6.46. The molecule has 3 aromatic rings. The molecule has 0 saturated heterocycles. The second-order valence-corrected chi connectivity index (χ2v) is 8.17. The molecule has 4 heteroatoms. The first-order chi connectivity index (χ1) is 15.5. The fraction of sp³-hybridized carbons (Fsp3) is 0.214. The zero-order chi connectivity index (χ0) is 22.9. The van der Waals surface area contributed by atoms with Gasteiger partial charge in [0.25, 0.3) is 0 Å². The summed E-state index contributed by atoms with van der Waals surface area (Å²) in [6.07, 6.45) is 5.48. The van der Waals surface area contributed by atoms with Crippen molar-refractivity contribution in [3.05, 3.63) is 99.9 Å². The Hall–Kier alpha value is -3.08. The molecule has 0 aromatic heterocycles. The number of rotatable bonds is 5. The first-order valence-corrected chi connectivity index (χ1v) is 11.7. The van der Waals surface area contributed by atoms with Crippen LogP contribution in [0.4, 0.5) is 13.2 Å². The van der Waals surface area contributed by atoms with E-state index in [1.165, 1.54) is 30.0 Å². The first kappa shape index (κ1) is 23.6. The highest BCUT2D eigenvalue weighted by Crippen LogP contribution is 2.20. The largest absolute Gasteiger partial charge is 0.206 e. The van der Waals surface area contributed by atoms with Gasteiger partial charge < -0.3 is 0 Å². The first-order valence-electron chi connectivity index (χ1n) is 10.5. The molecule has 0 nitrogen and oxygen atoms in total. The molecule has 0 radical (unpaired) electrons. The maximum absolute atomic E-state index is 14.3. The maximum atomic E-state index is 14.3. The van der Waals surface area contributed by atoms with Crippen LogP contribution in [-0.2, 0) is 6.42 Å². The molecule has 0 aliphatic heterocycles. The van der Waals surface area contributed by atoms with Gasteiger partial charge in [0.1, 0.15) is 17.5 Å². The second-order valence-electron chi connectivity index (χ2n) is 7.32. The summed E-state index contributed by atoms with van der Waals surface area (Å²) in [5.74, 6) is 9.77. The molecule has 0 aliphatic rings. The lowest BCUT2D eigenvalue weighted by Crippen LogP contribution is -1.95. The standard InChI is InChI=1S/C28H23F3S/c1-3-4-5-6-23-18-25(29)24(26(30)19-23)15-13-21-9-7-20(8-10-21)11-12-22-14-16-28(32-2)27(31)17-22/h7-10,14,16-19H,3-6H2,1-2H3. The van der Waals surface area contributed by atoms with Crippen LogP contribution < -0.4 is 0 Å². The van der Waals surface area contributed by atoms with Crippen LogP contribution in [0.15, 0.2) is 59.5 Å². The highest BCUT2D eigenvalue weighted by Gasteiger charge is 2.09. The molecule has 0 spiro atoms. The van der Waals surface area contributed by atoms with E-state index in [9.17, 15) is 13.2 Å². The Morgan fingerprint density at radius 2 is 1.25 bits per heavy atom. The van der Waals surface area contributed by atoms with Gasteiger partial charge in [-0.2, -0.15) is 0 Å². The van der Waals surface area contributed by atoms with Crippen molar-refractivity contribution < 1.29 is 13.2 Å². The molecule has 0 unspecified atom stereocenters. The van der Waals surface area contributed by atoms with E-state index in [4.69, 9.17) is 0 Å². The maximum Gasteiger partial charge on any atom is 0.142 e. The second kappa shape index (κ2) is 11.5. The van der Waals surface area contributed by atoms with Crippen LogP contribution in [0, 0.1) is 41.1 Å². The van der Waals surface area contributed by atoms with E-state index < -0.39 is 11.6 Å². The van der Waals surface area contributed by atoms with Crippen LogP contribution in [0.2, 0.25) is 0 Å². The molecule has 3 aromatic carbocycles. The van der Waals surface area contributed by atoms with Gasteiger partial charge in [-0.15, -0.1) is 11.8 Å². The number of hydrogen-bond acceptors (Lipinski definition) is 1. The minimum Gasteiger partial charge on any atom is -0.206 e. The lowest BCUT2D eigenvalue weighted by molar-refractivity contribution is 0.572. The van der Waals surface area contributed by atoms with Gasteiger partial charge in [-0.1, -0.05) is 43.4 Å². The van der Waals surface area contributed by atoms with Crippen LogP contribution in [0.5, 0.6) is 0 Å². The molecule has 0 saturated carbocycles. The van der Waals surface area contributed by atoms with Gasteiger partial charge in [0, 0.05) is 21.6 Å². The Labute approximate surface area is 192 Å². The lowest BCUT2D eigenvalue weighted by atomic mass is 10.0. The van der Waals surface area contributed by atoms with Crippen molar-refractivity contribution in [3.8, 4) is 23.7 Å². The van der Waals surface area contributed by atoms with Crippen molar-refractivity contribution in [3.63, 3.8) is 0 Å². The molecule has 3 rings (SSSR count). The van der Waals surface area contributed by atoms with Gasteiger partial charge in [0.15, 0.2) is 0 Å². The van der Waals surface area contributed by atoms with E-state index in [0.717, 1.165) is 24.8 Å². The van der Waals surface area contributed by atoms with Gasteiger partial charge in [-0.05, 0) is 79.3 Å². The topological polar surface area (TPSA) is 0 Å². The van der Waals surface area contributed by atoms with E-state index >= 15 is 0 Å². The molecular formula is C28H23F3S. The Bertz CT molecular complexity index is 1180. The molecule has 0 fully saturated rings. The summed E-state index contributed by atoms with van der Waals surface area (Å²) in [5.41, 5.74) is 2.39. The number of thioether (sulfide) groups is 1. The number of unbranched alkanes of at least 4 members (excludes halogenated alkanes) is 2. The van der Waals surface area contributed by atoms with Crippen LogP contribution in [0.25, 0.3) is 0 Å². The van der Waals surface area contributed by atoms with Crippen molar-refractivity contribution in [2.75, 3.05) is 6.26 Å². The Kier molecular flexibility index (Phi) is 8.48. The average Bonchev–Trinajstić information content (AvgIpc) is 2.78. The van der Waals surface area contributed by atoms with Crippen LogP contribution >= 0.6 is 11.8 Å². The highest BCUT2D eigenvalue weighted by atomic mass is 32.2. The zero-order valence-electron chi connectivity index (χ0n) is 18.1. The average molecular weight is 449 g/mol. The summed E-state index contributed by atoms with van der Waals surface area (Å²) in [6.45, 7) is 2.09. The van der Waals surface area contributed by atoms with E-state index in [1.807, 2.05) is 6.26 Å². The molecule has 0 heterocycles. The Morgan fingerprint density at radius 1 is 0.688 bits per heavy atom. The predicted molar refractivity (Wildman–Crippen MR) is 126 cm³/mol. The summed E-state index contributed by atoms with van der Waals surface area (Å²) in [4.78, 5) is 0.581. The number of halogens is 3. The molecule has 0 N–H and O–H groups in total. The van der Waals surface area contributed by atoms with E-state index in [-0.39, 0.29) is 11.4 Å². The van der Waals surface area contributed by atoms with Crippen molar-refractivity contribution >= 4 is 11.8 Å². The van der Waals surface area contributed by atoms with Gasteiger partial charge in [-0.3, -0.25) is 0 Å². The molecule has 0 bridgehead atoms. The Morgan fingerprint density at radius 3 is 1.81 bits per heavy atom. The number of hydrogen-bond donors (Lipinski definition) is 0. The van der Waals surface area contributed by atoms with Crippen molar-refractivity contribution in [1.82, 2.24) is 0 Å². The smallest absolute Gasteiger partial charge is 0.142 e. The molecule has 32 heavy (non-hydrogen) atoms. The van der Waals surface area contributed by atoms with Crippen LogP contribution in [0.1, 0.15) is 54.0 Å². The summed E-state index contributed by atoms with van der Waals surface area (Å²) < 4.78 is 42.5. The molecule has 162 valence electrons. The SMILES string of the molecule is CCCCCc1cc(F)c(C#Cc2ccc(C#Cc3ccc(SC)c(F)c3)cc2)c(F)c1. The minimum absolute atomic E-state index is 0.219. The van der Waals surface area contributed by atoms with Gasteiger partial charge >= 0.3 is 0 Å². The zero-order valence-corrected chi connectivity index (χ0v) is 18.9. The summed E-state index contributed by atoms with van der Waals surface area (Å²) >= 11 is 1.35. The summed E-state index contributed by atoms with van der Waals surface area (Å²) in [7, 11) is 0. The van der Waals surface area contributed by atoms with Crippen LogP contribution in [-0.4, -0.2) is 6.26 Å². The number of aryl methyl sites for hydroxylation is 1. The molecular weight excluding hydrogens is 425 g/mol. The summed E-state index contributed by atoms with van der Waals surface area (Å²) in [6, 6.07) is 14.7. The molecule has 0 aliphatic carbocycles. The molecule has 0 amide bonds. The normalized spacial score (nSPS) is 10.2. The minimum atomic E-state index is -0.633. The van der Waals surface area contributed by atoms with Crippen molar-refractivity contribution in [1.29, 1.82) is 0 Å². The lowest BCUT2D eigenvalue weighted by Gasteiger charge is -2.04. The van der Waals surface area contributed by atoms with Gasteiger partial charge in [0.2, 0.25) is 0 Å². The Balaban J connectivity index is 1.72. The van der Waals surface area contributed by atoms with E-state index in [0.29, 0.717) is 28.0 Å². The third-order valence-corrected chi connectivity index (χ3v) is 5.66. The summed E-state index contributed by atoms with van der Waals surface area (Å²) in [5, 5.41) is 0. The number of benzene rings is 3. The van der Waals surface area contributed by atoms with Crippen molar-refractivity contribution in [2.24, 2.45) is 0 Å². The van der Waals surface area contributed by atoms with Crippen molar-refractivity contribution in [2.45, 2.75) is 37.5 Å². The van der Waals surface area contributed by atoms with Crippen LogP contribution in [0.3, 0.4) is 0 Å². The quantitative estimate of drug-likeness (QED) is 0.223. The van der Waals surface area contributed by atoms with Gasteiger partial charge in [-0.25, -0.2) is 13.2 Å². The third-order valence-electron chi connectivity index (χ3n) is 4.89. The fourth-order valence-electron chi connectivity index (χ4n) is 3.13. The predicted octanol–water partition coefficient (Wildman–Crippen LogP) is 7.36. The fourth-order valence-corrected chi connectivity index (χ4v) is 3.59. The highest BCUT2D eigenvalue weighted by molar-refractivity contribution is 7.98. The monoisotopic (exact) mass is 448 g/mol. The van der Waals surface area contributed by atoms with E-state index in [1.54, 1.807) is 36.4 Å². The van der Waals surface area contributed by atoms with E-state index in [2.05, 4.69) is 30.6 Å².